The molecule has 0 N–H and O–H groups in total. The summed E-state index contributed by atoms with van der Waals surface area (Å²) < 4.78 is 13.1. The van der Waals surface area contributed by atoms with Gasteiger partial charge in [-0.15, -0.1) is 0 Å². The maximum absolute atomic E-state index is 12.2. The van der Waals surface area contributed by atoms with Crippen molar-refractivity contribution >= 4 is 11.9 Å². The van der Waals surface area contributed by atoms with Gasteiger partial charge < -0.3 is 9.64 Å². The number of esters is 1. The summed E-state index contributed by atoms with van der Waals surface area (Å²) in [4.78, 5) is 25.4. The van der Waals surface area contributed by atoms with Crippen LogP contribution in [-0.2, 0) is 14.3 Å². The minimum absolute atomic E-state index is 0.131. The van der Waals surface area contributed by atoms with Crippen LogP contribution >= 0.6 is 0 Å². The third-order valence-electron chi connectivity index (χ3n) is 3.46. The first-order valence-electron chi connectivity index (χ1n) is 7.05. The average Bonchev–Trinajstić information content (AvgIpc) is 2.84. The molecule has 0 aliphatic carbocycles. The van der Waals surface area contributed by atoms with Crippen LogP contribution in [0.1, 0.15) is 33.1 Å². The maximum atomic E-state index is 12.2. The van der Waals surface area contributed by atoms with Crippen LogP contribution in [0, 0.1) is 0 Å². The molecule has 1 amide bonds. The van der Waals surface area contributed by atoms with E-state index in [1.165, 1.54) is 6.92 Å². The molecule has 0 spiro atoms. The molecule has 0 radical (unpaired) electrons. The molecule has 1 aromatic rings. The summed E-state index contributed by atoms with van der Waals surface area (Å²) in [6, 6.07) is 6.99. The van der Waals surface area contributed by atoms with Crippen LogP contribution in [0.5, 0.6) is 0 Å². The lowest BCUT2D eigenvalue weighted by Crippen LogP contribution is -2.42. The van der Waals surface area contributed by atoms with Crippen molar-refractivity contribution < 1.29 is 15.7 Å². The van der Waals surface area contributed by atoms with Crippen molar-refractivity contribution in [2.75, 3.05) is 13.2 Å². The molecule has 1 aliphatic rings. The molecule has 1 fully saturated rings. The van der Waals surface area contributed by atoms with Gasteiger partial charge in [-0.05, 0) is 18.9 Å². The van der Waals surface area contributed by atoms with E-state index in [0.717, 1.165) is 5.56 Å². The number of likely N-dealkylation sites (tertiary alicyclic amines) is 1. The summed E-state index contributed by atoms with van der Waals surface area (Å²) >= 11 is 0. The lowest BCUT2D eigenvalue weighted by molar-refractivity contribution is -0.153. The lowest BCUT2D eigenvalue weighted by atomic mass is 9.92. The average molecular weight is 262 g/mol. The van der Waals surface area contributed by atoms with Crippen molar-refractivity contribution in [3.8, 4) is 0 Å². The fourth-order valence-electron chi connectivity index (χ4n) is 2.63. The maximum Gasteiger partial charge on any atom is 0.329 e. The minimum Gasteiger partial charge on any atom is -0.464 e. The Morgan fingerprint density at radius 3 is 2.89 bits per heavy atom. The Hall–Kier alpha value is -1.84. The number of amides is 1. The SMILES string of the molecule is [2H]c1ccccc1[C@@H]1CCN(C(C)=O)[C@@H]1C(=O)OCC. The first-order chi connectivity index (χ1) is 9.56. The molecular weight excluding hydrogens is 242 g/mol. The highest BCUT2D eigenvalue weighted by molar-refractivity contribution is 5.85. The third kappa shape index (κ3) is 2.78. The van der Waals surface area contributed by atoms with Crippen molar-refractivity contribution in [3.05, 3.63) is 35.9 Å². The number of benzene rings is 1. The van der Waals surface area contributed by atoms with Crippen LogP contribution in [0.15, 0.2) is 30.3 Å². The topological polar surface area (TPSA) is 46.6 Å². The summed E-state index contributed by atoms with van der Waals surface area (Å²) in [7, 11) is 0. The van der Waals surface area contributed by atoms with E-state index >= 15 is 0 Å². The smallest absolute Gasteiger partial charge is 0.329 e. The lowest BCUT2D eigenvalue weighted by Gasteiger charge is -2.25. The Morgan fingerprint density at radius 2 is 2.26 bits per heavy atom. The van der Waals surface area contributed by atoms with E-state index in [0.29, 0.717) is 19.0 Å². The Kier molecular flexibility index (Phi) is 3.77. The van der Waals surface area contributed by atoms with Gasteiger partial charge >= 0.3 is 5.97 Å². The predicted octanol–water partition coefficient (Wildman–Crippen LogP) is 1.95. The number of hydrogen-bond acceptors (Lipinski definition) is 3. The van der Waals surface area contributed by atoms with Crippen molar-refractivity contribution in [3.63, 3.8) is 0 Å². The fourth-order valence-corrected chi connectivity index (χ4v) is 2.63. The second-order valence-corrected chi connectivity index (χ2v) is 4.62. The van der Waals surface area contributed by atoms with Crippen LogP contribution in [0.2, 0.25) is 0 Å². The van der Waals surface area contributed by atoms with Gasteiger partial charge in [-0.2, -0.15) is 0 Å². The Balaban J connectivity index is 2.34. The van der Waals surface area contributed by atoms with Crippen molar-refractivity contribution in [2.24, 2.45) is 0 Å². The summed E-state index contributed by atoms with van der Waals surface area (Å²) in [6.07, 6.45) is 0.680. The van der Waals surface area contributed by atoms with Crippen molar-refractivity contribution in [2.45, 2.75) is 32.2 Å². The fraction of sp³-hybridized carbons (Fsp3) is 0.467. The van der Waals surface area contributed by atoms with Gasteiger partial charge in [-0.25, -0.2) is 4.79 Å². The third-order valence-corrected chi connectivity index (χ3v) is 3.46. The number of rotatable bonds is 3. The number of carbonyl (C=O) groups excluding carboxylic acids is 2. The van der Waals surface area contributed by atoms with E-state index in [2.05, 4.69) is 0 Å². The molecule has 4 heteroatoms. The summed E-state index contributed by atoms with van der Waals surface area (Å²) in [5, 5.41) is 0. The zero-order valence-electron chi connectivity index (χ0n) is 12.3. The molecule has 1 aromatic carbocycles. The normalized spacial score (nSPS) is 23.1. The predicted molar refractivity (Wildman–Crippen MR) is 71.6 cm³/mol. The van der Waals surface area contributed by atoms with Crippen LogP contribution in [0.3, 0.4) is 0 Å². The minimum atomic E-state index is -0.612. The highest BCUT2D eigenvalue weighted by Crippen LogP contribution is 2.34. The van der Waals surface area contributed by atoms with E-state index in [4.69, 9.17) is 6.11 Å². The summed E-state index contributed by atoms with van der Waals surface area (Å²) in [5.41, 5.74) is 0.800. The standard InChI is InChI=1S/C15H19NO3/c1-3-19-15(18)14-13(9-10-16(14)11(2)17)12-7-5-4-6-8-12/h4-8,13-14H,3,9-10H2,1-2H3/t13-,14-/m0/s1/i7D. The molecule has 19 heavy (non-hydrogen) atoms. The van der Waals surface area contributed by atoms with Crippen LogP contribution in [0.25, 0.3) is 0 Å². The first-order valence-corrected chi connectivity index (χ1v) is 6.55. The molecule has 102 valence electrons. The van der Waals surface area contributed by atoms with Crippen molar-refractivity contribution in [1.82, 2.24) is 4.90 Å². The van der Waals surface area contributed by atoms with Crippen LogP contribution in [0.4, 0.5) is 0 Å². The number of carbonyl (C=O) groups is 2. The van der Waals surface area contributed by atoms with Gasteiger partial charge in [0.05, 0.1) is 7.98 Å². The van der Waals surface area contributed by atoms with E-state index in [1.807, 2.05) is 12.1 Å². The highest BCUT2D eigenvalue weighted by atomic mass is 16.5. The molecule has 0 unspecified atom stereocenters. The quantitative estimate of drug-likeness (QED) is 0.782. The zero-order chi connectivity index (χ0) is 14.7. The van der Waals surface area contributed by atoms with Gasteiger partial charge in [-0.3, -0.25) is 4.79 Å². The summed E-state index contributed by atoms with van der Waals surface area (Å²) in [5.74, 6) is -0.673. The zero-order valence-corrected chi connectivity index (χ0v) is 11.3. The van der Waals surface area contributed by atoms with E-state index in [9.17, 15) is 9.59 Å². The number of ether oxygens (including phenoxy) is 1. The molecule has 0 bridgehead atoms. The van der Waals surface area contributed by atoms with E-state index in [-0.39, 0.29) is 24.4 Å². The van der Waals surface area contributed by atoms with Crippen molar-refractivity contribution in [1.29, 1.82) is 0 Å². The van der Waals surface area contributed by atoms with Gasteiger partial charge in [0.15, 0.2) is 0 Å². The first kappa shape index (κ1) is 12.2. The molecule has 1 saturated heterocycles. The second-order valence-electron chi connectivity index (χ2n) is 4.62. The van der Waals surface area contributed by atoms with Gasteiger partial charge in [0, 0.05) is 19.4 Å². The van der Waals surface area contributed by atoms with Crippen LogP contribution < -0.4 is 0 Å². The van der Waals surface area contributed by atoms with Gasteiger partial charge in [0.2, 0.25) is 5.91 Å². The monoisotopic (exact) mass is 262 g/mol. The number of nitrogens with zero attached hydrogens (tertiary/aromatic N) is 1. The molecule has 4 nitrogen and oxygen atoms in total. The number of hydrogen-bond donors (Lipinski definition) is 0. The molecular formula is C15H19NO3. The molecule has 0 saturated carbocycles. The molecule has 2 rings (SSSR count). The molecule has 1 heterocycles. The van der Waals surface area contributed by atoms with Gasteiger partial charge in [-0.1, -0.05) is 30.3 Å². The Labute approximate surface area is 114 Å². The van der Waals surface area contributed by atoms with Gasteiger partial charge in [0.1, 0.15) is 6.04 Å². The molecule has 2 atom stereocenters. The summed E-state index contributed by atoms with van der Waals surface area (Å²) in [6.45, 7) is 4.02. The Morgan fingerprint density at radius 1 is 1.47 bits per heavy atom. The highest BCUT2D eigenvalue weighted by Gasteiger charge is 2.42. The largest absolute Gasteiger partial charge is 0.464 e. The van der Waals surface area contributed by atoms with E-state index in [1.54, 1.807) is 24.0 Å². The second kappa shape index (κ2) is 5.87. The van der Waals surface area contributed by atoms with E-state index < -0.39 is 6.04 Å². The Bertz CT molecular complexity index is 518. The molecule has 1 aliphatic heterocycles. The van der Waals surface area contributed by atoms with Crippen LogP contribution in [-0.4, -0.2) is 36.0 Å². The van der Waals surface area contributed by atoms with Gasteiger partial charge in [0.25, 0.3) is 0 Å². The molecule has 0 aromatic heterocycles.